The van der Waals surface area contributed by atoms with Crippen LogP contribution in [0.15, 0.2) is 49.1 Å². The van der Waals surface area contributed by atoms with Crippen LogP contribution in [0.4, 0.5) is 11.6 Å². The van der Waals surface area contributed by atoms with E-state index in [1.54, 1.807) is 13.8 Å². The van der Waals surface area contributed by atoms with Gasteiger partial charge < -0.3 is 15.0 Å². The van der Waals surface area contributed by atoms with Crippen molar-refractivity contribution in [1.82, 2.24) is 24.3 Å². The van der Waals surface area contributed by atoms with E-state index in [1.165, 1.54) is 5.56 Å². The summed E-state index contributed by atoms with van der Waals surface area (Å²) in [5.41, 5.74) is 4.19. The summed E-state index contributed by atoms with van der Waals surface area (Å²) in [6, 6.07) is 8.13. The zero-order chi connectivity index (χ0) is 22.2. The first-order chi connectivity index (χ1) is 14.7. The minimum atomic E-state index is -0.710. The molecule has 0 spiro atoms. The first kappa shape index (κ1) is 21.1. The van der Waals surface area contributed by atoms with Crippen LogP contribution >= 0.6 is 0 Å². The second-order valence-electron chi connectivity index (χ2n) is 9.06. The Morgan fingerprint density at radius 3 is 2.58 bits per heavy atom. The standard InChI is InChI=1S/C24H30N6O/c1-16(2)18-11-23(29(5)14-18)28-22-7-6-20-21(27-22)10-17(12-25-20)19-13-26-30(15-19)9-8-24(3,4)31/h6-7,10-16,31H,8-9H2,1-5H3,(H,27,28). The van der Waals surface area contributed by atoms with E-state index in [2.05, 4.69) is 46.1 Å². The average Bonchev–Trinajstić information content (AvgIpc) is 3.33. The Labute approximate surface area is 182 Å². The molecule has 0 aromatic carbocycles. The molecule has 4 rings (SSSR count). The number of aryl methyl sites for hydroxylation is 2. The molecular formula is C24H30N6O. The first-order valence-electron chi connectivity index (χ1n) is 10.6. The van der Waals surface area contributed by atoms with Gasteiger partial charge >= 0.3 is 0 Å². The zero-order valence-corrected chi connectivity index (χ0v) is 18.8. The Balaban J connectivity index is 1.57. The van der Waals surface area contributed by atoms with E-state index in [0.29, 0.717) is 18.9 Å². The number of aromatic nitrogens is 5. The van der Waals surface area contributed by atoms with Crippen LogP contribution in [-0.2, 0) is 13.6 Å². The third-order valence-corrected chi connectivity index (χ3v) is 5.41. The molecule has 7 heteroatoms. The molecule has 31 heavy (non-hydrogen) atoms. The van der Waals surface area contributed by atoms with Crippen molar-refractivity contribution in [3.8, 4) is 11.1 Å². The molecule has 0 atom stereocenters. The predicted octanol–water partition coefficient (Wildman–Crippen LogP) is 4.86. The van der Waals surface area contributed by atoms with Crippen LogP contribution in [0.5, 0.6) is 0 Å². The summed E-state index contributed by atoms with van der Waals surface area (Å²) in [6.45, 7) is 8.65. The van der Waals surface area contributed by atoms with E-state index in [-0.39, 0.29) is 0 Å². The minimum Gasteiger partial charge on any atom is -0.390 e. The van der Waals surface area contributed by atoms with E-state index in [9.17, 15) is 5.11 Å². The smallest absolute Gasteiger partial charge is 0.132 e. The number of nitrogens with one attached hydrogen (secondary N) is 1. The summed E-state index contributed by atoms with van der Waals surface area (Å²) >= 11 is 0. The van der Waals surface area contributed by atoms with Gasteiger partial charge in [-0.25, -0.2) is 4.98 Å². The molecule has 0 fully saturated rings. The molecule has 7 nitrogen and oxygen atoms in total. The average molecular weight is 419 g/mol. The summed E-state index contributed by atoms with van der Waals surface area (Å²) in [4.78, 5) is 9.35. The van der Waals surface area contributed by atoms with Crippen molar-refractivity contribution in [3.05, 3.63) is 54.6 Å². The third-order valence-electron chi connectivity index (χ3n) is 5.41. The van der Waals surface area contributed by atoms with Crippen molar-refractivity contribution >= 4 is 22.7 Å². The van der Waals surface area contributed by atoms with E-state index < -0.39 is 5.60 Å². The largest absolute Gasteiger partial charge is 0.390 e. The fourth-order valence-corrected chi connectivity index (χ4v) is 3.42. The zero-order valence-electron chi connectivity index (χ0n) is 18.8. The molecule has 0 saturated heterocycles. The van der Waals surface area contributed by atoms with E-state index >= 15 is 0 Å². The molecule has 2 N–H and O–H groups in total. The highest BCUT2D eigenvalue weighted by atomic mass is 16.3. The van der Waals surface area contributed by atoms with Gasteiger partial charge in [-0.1, -0.05) is 13.8 Å². The quantitative estimate of drug-likeness (QED) is 0.448. The molecule has 0 radical (unpaired) electrons. The van der Waals surface area contributed by atoms with Gasteiger partial charge in [0.2, 0.25) is 0 Å². The molecule has 0 unspecified atom stereocenters. The monoisotopic (exact) mass is 418 g/mol. The molecule has 0 amide bonds. The molecule has 4 heterocycles. The normalized spacial score (nSPS) is 12.1. The van der Waals surface area contributed by atoms with E-state index in [1.807, 2.05) is 48.5 Å². The lowest BCUT2D eigenvalue weighted by Gasteiger charge is -2.16. The van der Waals surface area contributed by atoms with E-state index in [0.717, 1.165) is 33.8 Å². The highest BCUT2D eigenvalue weighted by Crippen LogP contribution is 2.26. The molecule has 0 saturated carbocycles. The van der Waals surface area contributed by atoms with Crippen LogP contribution in [0.1, 0.15) is 45.6 Å². The summed E-state index contributed by atoms with van der Waals surface area (Å²) in [7, 11) is 2.03. The second kappa shape index (κ2) is 8.15. The van der Waals surface area contributed by atoms with Crippen molar-refractivity contribution < 1.29 is 5.11 Å². The van der Waals surface area contributed by atoms with Gasteiger partial charge in [-0.2, -0.15) is 5.10 Å². The Morgan fingerprint density at radius 1 is 1.06 bits per heavy atom. The van der Waals surface area contributed by atoms with Crippen LogP contribution in [0.25, 0.3) is 22.2 Å². The second-order valence-corrected chi connectivity index (χ2v) is 9.06. The number of hydrogen-bond donors (Lipinski definition) is 2. The Hall–Kier alpha value is -3.19. The van der Waals surface area contributed by atoms with Crippen molar-refractivity contribution in [1.29, 1.82) is 0 Å². The third kappa shape index (κ3) is 4.94. The van der Waals surface area contributed by atoms with Gasteiger partial charge in [0.25, 0.3) is 0 Å². The van der Waals surface area contributed by atoms with Gasteiger partial charge in [0.05, 0.1) is 22.8 Å². The van der Waals surface area contributed by atoms with Gasteiger partial charge in [-0.15, -0.1) is 0 Å². The molecule has 0 aliphatic rings. The number of fused-ring (bicyclic) bond motifs is 1. The summed E-state index contributed by atoms with van der Waals surface area (Å²) in [6.07, 6.45) is 8.43. The van der Waals surface area contributed by atoms with Gasteiger partial charge in [-0.3, -0.25) is 9.67 Å². The van der Waals surface area contributed by atoms with Gasteiger partial charge in [0.1, 0.15) is 11.6 Å². The number of rotatable bonds is 7. The number of hydrogen-bond acceptors (Lipinski definition) is 5. The molecule has 0 bridgehead atoms. The van der Waals surface area contributed by atoms with Gasteiger partial charge in [0, 0.05) is 43.3 Å². The fraction of sp³-hybridized carbons (Fsp3) is 0.375. The molecular weight excluding hydrogens is 388 g/mol. The molecule has 4 aromatic heterocycles. The predicted molar refractivity (Wildman–Crippen MR) is 124 cm³/mol. The fourth-order valence-electron chi connectivity index (χ4n) is 3.42. The van der Waals surface area contributed by atoms with Crippen molar-refractivity contribution in [2.75, 3.05) is 5.32 Å². The SMILES string of the molecule is CC(C)c1cc(Nc2ccc3ncc(-c4cnn(CCC(C)(C)O)c4)cc3n2)n(C)c1. The van der Waals surface area contributed by atoms with Crippen LogP contribution < -0.4 is 5.32 Å². The maximum absolute atomic E-state index is 9.93. The van der Waals surface area contributed by atoms with Crippen LogP contribution in [0.2, 0.25) is 0 Å². The topological polar surface area (TPSA) is 80.8 Å². The lowest BCUT2D eigenvalue weighted by Crippen LogP contribution is -2.21. The maximum atomic E-state index is 9.93. The Bertz CT molecular complexity index is 1200. The van der Waals surface area contributed by atoms with Gasteiger partial charge in [0.15, 0.2) is 0 Å². The maximum Gasteiger partial charge on any atom is 0.132 e. The lowest BCUT2D eigenvalue weighted by molar-refractivity contribution is 0.0651. The van der Waals surface area contributed by atoms with Gasteiger partial charge in [-0.05, 0) is 56.0 Å². The number of nitrogens with zero attached hydrogens (tertiary/aromatic N) is 5. The first-order valence-corrected chi connectivity index (χ1v) is 10.6. The van der Waals surface area contributed by atoms with Crippen molar-refractivity contribution in [2.45, 2.75) is 52.2 Å². The number of anilines is 2. The summed E-state index contributed by atoms with van der Waals surface area (Å²) in [5, 5.41) is 17.8. The van der Waals surface area contributed by atoms with E-state index in [4.69, 9.17) is 4.98 Å². The molecule has 4 aromatic rings. The Kier molecular flexibility index (Phi) is 5.54. The van der Waals surface area contributed by atoms with Crippen molar-refractivity contribution in [2.24, 2.45) is 7.05 Å². The number of aliphatic hydroxyl groups is 1. The molecule has 162 valence electrons. The highest BCUT2D eigenvalue weighted by molar-refractivity contribution is 5.81. The summed E-state index contributed by atoms with van der Waals surface area (Å²) in [5.74, 6) is 2.26. The molecule has 0 aliphatic heterocycles. The van der Waals surface area contributed by atoms with Crippen LogP contribution in [0.3, 0.4) is 0 Å². The molecule has 0 aliphatic carbocycles. The number of pyridine rings is 2. The van der Waals surface area contributed by atoms with Crippen molar-refractivity contribution in [3.63, 3.8) is 0 Å². The van der Waals surface area contributed by atoms with Crippen LogP contribution in [-0.4, -0.2) is 35.0 Å². The lowest BCUT2D eigenvalue weighted by atomic mass is 10.1. The highest BCUT2D eigenvalue weighted by Gasteiger charge is 2.13. The summed E-state index contributed by atoms with van der Waals surface area (Å²) < 4.78 is 3.93. The minimum absolute atomic E-state index is 0.474. The Morgan fingerprint density at radius 2 is 1.87 bits per heavy atom. The van der Waals surface area contributed by atoms with Crippen LogP contribution in [0, 0.1) is 0 Å².